The molecule has 3 N–H and O–H groups in total. The van der Waals surface area contributed by atoms with Crippen LogP contribution in [0.5, 0.6) is 0 Å². The number of benzene rings is 2. The predicted octanol–water partition coefficient (Wildman–Crippen LogP) is 1.74. The van der Waals surface area contributed by atoms with E-state index in [4.69, 9.17) is 5.73 Å². The number of para-hydroxylation sites is 2. The van der Waals surface area contributed by atoms with Crippen molar-refractivity contribution in [3.8, 4) is 0 Å². The van der Waals surface area contributed by atoms with E-state index in [1.165, 1.54) is 5.69 Å². The number of nitrogens with one attached hydrogen (secondary N) is 1. The molecular weight excluding hydrogens is 328 g/mol. The van der Waals surface area contributed by atoms with Gasteiger partial charge >= 0.3 is 0 Å². The minimum atomic E-state index is -0.246. The molecule has 0 spiro atoms. The number of piperazine rings is 1. The van der Waals surface area contributed by atoms with Gasteiger partial charge in [-0.2, -0.15) is 0 Å². The Morgan fingerprint density at radius 2 is 1.58 bits per heavy atom. The van der Waals surface area contributed by atoms with Gasteiger partial charge in [0.1, 0.15) is 0 Å². The van der Waals surface area contributed by atoms with Crippen LogP contribution in [0.2, 0.25) is 0 Å². The molecule has 0 radical (unpaired) electrons. The lowest BCUT2D eigenvalue weighted by Crippen LogP contribution is -2.49. The highest BCUT2D eigenvalue weighted by molar-refractivity contribution is 5.99. The number of rotatable bonds is 5. The van der Waals surface area contributed by atoms with E-state index < -0.39 is 0 Å². The molecule has 2 aromatic carbocycles. The fourth-order valence-electron chi connectivity index (χ4n) is 3.09. The number of nitrogens with two attached hydrogens (primary N) is 1. The predicted molar refractivity (Wildman–Crippen MR) is 103 cm³/mol. The van der Waals surface area contributed by atoms with Gasteiger partial charge in [-0.1, -0.05) is 30.3 Å². The molecule has 0 bridgehead atoms. The van der Waals surface area contributed by atoms with Crippen LogP contribution in [0.4, 0.5) is 11.4 Å². The number of anilines is 2. The van der Waals surface area contributed by atoms with E-state index in [-0.39, 0.29) is 11.8 Å². The number of nitrogen functional groups attached to an aromatic ring is 1. The van der Waals surface area contributed by atoms with Crippen molar-refractivity contribution in [2.45, 2.75) is 6.42 Å². The number of hydrogen-bond donors (Lipinski definition) is 2. The molecule has 0 aliphatic carbocycles. The van der Waals surface area contributed by atoms with E-state index in [9.17, 15) is 9.59 Å². The van der Waals surface area contributed by atoms with Gasteiger partial charge < -0.3 is 20.9 Å². The van der Waals surface area contributed by atoms with Crippen LogP contribution < -0.4 is 16.0 Å². The summed E-state index contributed by atoms with van der Waals surface area (Å²) in [4.78, 5) is 28.6. The second kappa shape index (κ2) is 8.38. The number of carbonyl (C=O) groups is 2. The molecule has 6 nitrogen and oxygen atoms in total. The van der Waals surface area contributed by atoms with E-state index >= 15 is 0 Å². The summed E-state index contributed by atoms with van der Waals surface area (Å²) in [6, 6.07) is 17.1. The molecule has 1 heterocycles. The molecule has 2 aromatic rings. The van der Waals surface area contributed by atoms with Gasteiger partial charge in [0.25, 0.3) is 5.91 Å². The zero-order valence-electron chi connectivity index (χ0n) is 14.7. The summed E-state index contributed by atoms with van der Waals surface area (Å²) >= 11 is 0. The van der Waals surface area contributed by atoms with Gasteiger partial charge in [-0.15, -0.1) is 0 Å². The second-order valence-corrected chi connectivity index (χ2v) is 6.30. The lowest BCUT2D eigenvalue weighted by Gasteiger charge is -2.36. The van der Waals surface area contributed by atoms with Crippen molar-refractivity contribution in [2.75, 3.05) is 43.4 Å². The summed E-state index contributed by atoms with van der Waals surface area (Å²) in [5.41, 5.74) is 7.86. The maximum Gasteiger partial charge on any atom is 0.253 e. The zero-order valence-corrected chi connectivity index (χ0v) is 14.7. The molecule has 3 rings (SSSR count). The zero-order chi connectivity index (χ0) is 18.4. The third-order valence-electron chi connectivity index (χ3n) is 4.58. The minimum Gasteiger partial charge on any atom is -0.398 e. The molecule has 1 aliphatic rings. The van der Waals surface area contributed by atoms with Gasteiger partial charge in [0, 0.05) is 50.5 Å². The van der Waals surface area contributed by atoms with Gasteiger partial charge in [-0.05, 0) is 24.3 Å². The summed E-state index contributed by atoms with van der Waals surface area (Å²) in [7, 11) is 0. The molecular formula is C20H24N4O2. The van der Waals surface area contributed by atoms with E-state index in [0.717, 1.165) is 13.1 Å². The minimum absolute atomic E-state index is 0.0686. The van der Waals surface area contributed by atoms with Crippen LogP contribution in [-0.2, 0) is 4.79 Å². The van der Waals surface area contributed by atoms with Gasteiger partial charge in [0.05, 0.1) is 5.56 Å². The molecule has 0 aromatic heterocycles. The highest BCUT2D eigenvalue weighted by Gasteiger charge is 2.21. The van der Waals surface area contributed by atoms with Gasteiger partial charge in [-0.25, -0.2) is 0 Å². The van der Waals surface area contributed by atoms with Crippen molar-refractivity contribution in [1.82, 2.24) is 10.2 Å². The van der Waals surface area contributed by atoms with Crippen LogP contribution >= 0.6 is 0 Å². The third-order valence-corrected chi connectivity index (χ3v) is 4.58. The number of carbonyl (C=O) groups excluding carboxylic acids is 2. The van der Waals surface area contributed by atoms with E-state index in [0.29, 0.717) is 37.3 Å². The van der Waals surface area contributed by atoms with Crippen molar-refractivity contribution in [3.05, 3.63) is 60.2 Å². The normalized spacial score (nSPS) is 14.2. The molecule has 2 amide bonds. The maximum atomic E-state index is 12.4. The lowest BCUT2D eigenvalue weighted by atomic mass is 10.1. The van der Waals surface area contributed by atoms with Crippen LogP contribution in [0.15, 0.2) is 54.6 Å². The van der Waals surface area contributed by atoms with Gasteiger partial charge in [-0.3, -0.25) is 9.59 Å². The SMILES string of the molecule is Nc1ccccc1C(=O)NCCC(=O)N1CCN(c2ccccc2)CC1. The third kappa shape index (κ3) is 4.33. The summed E-state index contributed by atoms with van der Waals surface area (Å²) in [6.07, 6.45) is 0.295. The van der Waals surface area contributed by atoms with Gasteiger partial charge in [0.2, 0.25) is 5.91 Å². The molecule has 0 saturated carbocycles. The van der Waals surface area contributed by atoms with Crippen molar-refractivity contribution in [2.24, 2.45) is 0 Å². The topological polar surface area (TPSA) is 78.7 Å². The Morgan fingerprint density at radius 1 is 0.923 bits per heavy atom. The molecule has 1 aliphatic heterocycles. The van der Waals surface area contributed by atoms with Crippen LogP contribution in [0, 0.1) is 0 Å². The monoisotopic (exact) mass is 352 g/mol. The Balaban J connectivity index is 1.42. The van der Waals surface area contributed by atoms with Crippen LogP contribution in [-0.4, -0.2) is 49.4 Å². The Morgan fingerprint density at radius 3 is 2.27 bits per heavy atom. The molecule has 136 valence electrons. The quantitative estimate of drug-likeness (QED) is 0.804. The Bertz CT molecular complexity index is 755. The highest BCUT2D eigenvalue weighted by atomic mass is 16.2. The van der Waals surface area contributed by atoms with Crippen LogP contribution in [0.1, 0.15) is 16.8 Å². The molecule has 1 fully saturated rings. The lowest BCUT2D eigenvalue weighted by molar-refractivity contribution is -0.131. The summed E-state index contributed by atoms with van der Waals surface area (Å²) in [5, 5.41) is 2.77. The molecule has 6 heteroatoms. The fraction of sp³-hybridized carbons (Fsp3) is 0.300. The van der Waals surface area contributed by atoms with E-state index in [1.807, 2.05) is 23.1 Å². The molecule has 0 unspecified atom stereocenters. The van der Waals surface area contributed by atoms with Crippen LogP contribution in [0.25, 0.3) is 0 Å². The maximum absolute atomic E-state index is 12.4. The molecule has 1 saturated heterocycles. The molecule has 0 atom stereocenters. The number of hydrogen-bond acceptors (Lipinski definition) is 4. The first-order chi connectivity index (χ1) is 12.6. The number of nitrogens with zero attached hydrogens (tertiary/aromatic N) is 2. The highest BCUT2D eigenvalue weighted by Crippen LogP contribution is 2.16. The average Bonchev–Trinajstić information content (AvgIpc) is 2.69. The van der Waals surface area contributed by atoms with Crippen LogP contribution in [0.3, 0.4) is 0 Å². The van der Waals surface area contributed by atoms with Crippen molar-refractivity contribution >= 4 is 23.2 Å². The van der Waals surface area contributed by atoms with E-state index in [1.54, 1.807) is 24.3 Å². The first-order valence-corrected chi connectivity index (χ1v) is 8.85. The summed E-state index contributed by atoms with van der Waals surface area (Å²) in [6.45, 7) is 3.36. The first kappa shape index (κ1) is 17.8. The Labute approximate surface area is 153 Å². The number of amides is 2. The standard InChI is InChI=1S/C20H24N4O2/c21-18-9-5-4-8-17(18)20(26)22-11-10-19(25)24-14-12-23(13-15-24)16-6-2-1-3-7-16/h1-9H,10-15,21H2,(H,22,26). The first-order valence-electron chi connectivity index (χ1n) is 8.85. The summed E-state index contributed by atoms with van der Waals surface area (Å²) < 4.78 is 0. The Kier molecular flexibility index (Phi) is 5.73. The average molecular weight is 352 g/mol. The smallest absolute Gasteiger partial charge is 0.253 e. The van der Waals surface area contributed by atoms with E-state index in [2.05, 4.69) is 22.3 Å². The Hall–Kier alpha value is -3.02. The van der Waals surface area contributed by atoms with Gasteiger partial charge in [0.15, 0.2) is 0 Å². The largest absolute Gasteiger partial charge is 0.398 e. The van der Waals surface area contributed by atoms with Crippen molar-refractivity contribution < 1.29 is 9.59 Å². The second-order valence-electron chi connectivity index (χ2n) is 6.30. The fourth-order valence-corrected chi connectivity index (χ4v) is 3.09. The van der Waals surface area contributed by atoms with Crippen molar-refractivity contribution in [1.29, 1.82) is 0 Å². The summed E-state index contributed by atoms with van der Waals surface area (Å²) in [5.74, 6) is -0.177. The van der Waals surface area contributed by atoms with Crippen molar-refractivity contribution in [3.63, 3.8) is 0 Å². The molecule has 26 heavy (non-hydrogen) atoms.